The molecule has 2 N–H and O–H groups in total. The maximum Gasteiger partial charge on any atom is 0.330 e. The first kappa shape index (κ1) is 20.2. The van der Waals surface area contributed by atoms with Crippen LogP contribution >= 0.6 is 0 Å². The van der Waals surface area contributed by atoms with Gasteiger partial charge in [0.15, 0.2) is 0 Å². The van der Waals surface area contributed by atoms with Crippen molar-refractivity contribution in [1.29, 1.82) is 0 Å². The second-order valence-corrected chi connectivity index (χ2v) is 8.32. The highest BCUT2D eigenvalue weighted by molar-refractivity contribution is 5.86. The van der Waals surface area contributed by atoms with Crippen LogP contribution in [-0.2, 0) is 19.1 Å². The molecule has 0 heterocycles. The van der Waals surface area contributed by atoms with E-state index in [1.54, 1.807) is 6.92 Å². The van der Waals surface area contributed by atoms with Crippen molar-refractivity contribution in [3.05, 3.63) is 23.8 Å². The Labute approximate surface area is 153 Å². The third-order valence-corrected chi connectivity index (χ3v) is 5.64. The third kappa shape index (κ3) is 4.54. The van der Waals surface area contributed by atoms with Crippen molar-refractivity contribution >= 4 is 17.9 Å². The highest BCUT2D eigenvalue weighted by Crippen LogP contribution is 2.63. The summed E-state index contributed by atoms with van der Waals surface area (Å²) in [5, 5.41) is 17.0. The number of allylic oxidation sites excluding steroid dienone is 1. The van der Waals surface area contributed by atoms with Gasteiger partial charge in [-0.05, 0) is 69.6 Å². The molecule has 0 aromatic heterocycles. The van der Waals surface area contributed by atoms with Crippen LogP contribution in [0.4, 0.5) is 0 Å². The van der Waals surface area contributed by atoms with Gasteiger partial charge in [-0.2, -0.15) is 0 Å². The summed E-state index contributed by atoms with van der Waals surface area (Å²) < 4.78 is 5.70. The van der Waals surface area contributed by atoms with E-state index in [4.69, 9.17) is 14.9 Å². The zero-order chi connectivity index (χ0) is 19.7. The number of hydrogen-bond donors (Lipinski definition) is 2. The third-order valence-electron chi connectivity index (χ3n) is 5.64. The van der Waals surface area contributed by atoms with Crippen molar-refractivity contribution in [3.63, 3.8) is 0 Å². The van der Waals surface area contributed by atoms with Crippen LogP contribution in [0.1, 0.15) is 59.3 Å². The predicted molar refractivity (Wildman–Crippen MR) is 95.5 cm³/mol. The van der Waals surface area contributed by atoms with Crippen LogP contribution in [0.2, 0.25) is 0 Å². The fraction of sp³-hybridized carbons (Fsp3) is 0.650. The molecule has 2 unspecified atom stereocenters. The number of carboxylic acid groups (broad SMARTS) is 2. The number of esters is 1. The van der Waals surface area contributed by atoms with Gasteiger partial charge in [0.25, 0.3) is 0 Å². The van der Waals surface area contributed by atoms with Gasteiger partial charge in [-0.3, -0.25) is 4.79 Å². The molecule has 4 aliphatic rings. The minimum atomic E-state index is -0.935. The van der Waals surface area contributed by atoms with E-state index in [0.717, 1.165) is 32.1 Å². The Morgan fingerprint density at radius 2 is 1.50 bits per heavy atom. The Balaban J connectivity index is 0.000000352. The average molecular weight is 364 g/mol. The lowest BCUT2D eigenvalue weighted by atomic mass is 9.47. The van der Waals surface area contributed by atoms with E-state index < -0.39 is 11.9 Å². The molecule has 144 valence electrons. The standard InChI is InChI=1S/C16H22O4.C4H6O2/c1-10(14(18)19)4-15-5-12-3-13(6-15)8-16(7-12,9-15)20-11(2)17;1-3(2)4(5)6/h4,12-13H,3,5-9H2,1-2H3,(H,18,19);1H2,2H3,(H,5,6). The molecular formula is C20H28O6. The summed E-state index contributed by atoms with van der Waals surface area (Å²) >= 11 is 0. The average Bonchev–Trinajstić information content (AvgIpc) is 2.43. The van der Waals surface area contributed by atoms with Crippen molar-refractivity contribution < 1.29 is 29.3 Å². The summed E-state index contributed by atoms with van der Waals surface area (Å²) in [6.45, 7) is 7.74. The van der Waals surface area contributed by atoms with Crippen molar-refractivity contribution in [2.24, 2.45) is 17.3 Å². The fourth-order valence-corrected chi connectivity index (χ4v) is 5.36. The Bertz CT molecular complexity index is 633. The SMILES string of the molecule is C=C(C)C(=O)O.CC(=O)OC12CC3CC(CC(C=C(C)C(=O)O)(C3)C1)C2. The Morgan fingerprint density at radius 3 is 1.88 bits per heavy atom. The first-order chi connectivity index (χ1) is 12.0. The summed E-state index contributed by atoms with van der Waals surface area (Å²) in [5.74, 6) is -0.833. The molecule has 0 aromatic carbocycles. The molecule has 6 nitrogen and oxygen atoms in total. The van der Waals surface area contributed by atoms with Crippen molar-refractivity contribution in [2.45, 2.75) is 64.9 Å². The Morgan fingerprint density at radius 1 is 1.00 bits per heavy atom. The second kappa shape index (κ2) is 7.25. The van der Waals surface area contributed by atoms with E-state index in [1.165, 1.54) is 20.3 Å². The number of ether oxygens (including phenoxy) is 1. The highest BCUT2D eigenvalue weighted by Gasteiger charge is 2.58. The normalized spacial score (nSPS) is 34.5. The van der Waals surface area contributed by atoms with Crippen molar-refractivity contribution in [3.8, 4) is 0 Å². The van der Waals surface area contributed by atoms with Gasteiger partial charge in [0.05, 0.1) is 0 Å². The number of hydrogen-bond acceptors (Lipinski definition) is 4. The molecule has 4 aliphatic carbocycles. The van der Waals surface area contributed by atoms with Gasteiger partial charge in [0, 0.05) is 18.1 Å². The molecule has 0 saturated heterocycles. The molecule has 0 spiro atoms. The number of carbonyl (C=O) groups is 3. The van der Waals surface area contributed by atoms with Crippen LogP contribution in [0.5, 0.6) is 0 Å². The van der Waals surface area contributed by atoms with Crippen LogP contribution in [0.25, 0.3) is 0 Å². The smallest absolute Gasteiger partial charge is 0.330 e. The lowest BCUT2D eigenvalue weighted by Crippen LogP contribution is -2.56. The summed E-state index contributed by atoms with van der Waals surface area (Å²) in [5.41, 5.74) is 0.202. The summed E-state index contributed by atoms with van der Waals surface area (Å²) in [6, 6.07) is 0. The van der Waals surface area contributed by atoms with Crippen molar-refractivity contribution in [1.82, 2.24) is 0 Å². The second-order valence-electron chi connectivity index (χ2n) is 8.32. The lowest BCUT2D eigenvalue weighted by molar-refractivity contribution is -0.193. The number of carboxylic acids is 2. The topological polar surface area (TPSA) is 101 Å². The van der Waals surface area contributed by atoms with Gasteiger partial charge in [-0.15, -0.1) is 0 Å². The minimum Gasteiger partial charge on any atom is -0.478 e. The van der Waals surface area contributed by atoms with E-state index in [2.05, 4.69) is 6.58 Å². The van der Waals surface area contributed by atoms with Crippen molar-refractivity contribution in [2.75, 3.05) is 0 Å². The number of rotatable bonds is 4. The first-order valence-corrected chi connectivity index (χ1v) is 8.97. The lowest BCUT2D eigenvalue weighted by Gasteiger charge is -2.60. The Hall–Kier alpha value is -2.11. The molecule has 0 aliphatic heterocycles. The molecule has 2 atom stereocenters. The molecule has 0 radical (unpaired) electrons. The van der Waals surface area contributed by atoms with Crippen LogP contribution in [-0.4, -0.2) is 33.7 Å². The van der Waals surface area contributed by atoms with Crippen LogP contribution in [0, 0.1) is 17.3 Å². The first-order valence-electron chi connectivity index (χ1n) is 8.97. The van der Waals surface area contributed by atoms with Crippen LogP contribution < -0.4 is 0 Å². The molecule has 4 rings (SSSR count). The predicted octanol–water partition coefficient (Wildman–Crippen LogP) is 3.57. The number of carbonyl (C=O) groups excluding carboxylic acids is 1. The van der Waals surface area contributed by atoms with E-state index in [0.29, 0.717) is 17.4 Å². The molecular weight excluding hydrogens is 336 g/mol. The zero-order valence-corrected chi connectivity index (χ0v) is 15.7. The molecule has 0 aromatic rings. The molecule has 6 heteroatoms. The van der Waals surface area contributed by atoms with E-state index >= 15 is 0 Å². The maximum absolute atomic E-state index is 11.4. The molecule has 0 amide bonds. The largest absolute Gasteiger partial charge is 0.478 e. The molecule has 4 fully saturated rings. The highest BCUT2D eigenvalue weighted by atomic mass is 16.6. The van der Waals surface area contributed by atoms with Gasteiger partial charge in [0.2, 0.25) is 0 Å². The summed E-state index contributed by atoms with van der Waals surface area (Å²) in [6.07, 6.45) is 8.00. The van der Waals surface area contributed by atoms with Gasteiger partial charge >= 0.3 is 17.9 Å². The summed E-state index contributed by atoms with van der Waals surface area (Å²) in [4.78, 5) is 32.2. The van der Waals surface area contributed by atoms with E-state index in [1.807, 2.05) is 6.08 Å². The minimum absolute atomic E-state index is 0.0675. The van der Waals surface area contributed by atoms with Crippen LogP contribution in [0.15, 0.2) is 23.8 Å². The van der Waals surface area contributed by atoms with E-state index in [9.17, 15) is 14.4 Å². The maximum atomic E-state index is 11.4. The quantitative estimate of drug-likeness (QED) is 0.584. The monoisotopic (exact) mass is 364 g/mol. The molecule has 4 saturated carbocycles. The van der Waals surface area contributed by atoms with Crippen LogP contribution in [0.3, 0.4) is 0 Å². The number of aliphatic carboxylic acids is 2. The Kier molecular flexibility index (Phi) is 5.64. The summed E-state index contributed by atoms with van der Waals surface area (Å²) in [7, 11) is 0. The van der Waals surface area contributed by atoms with Gasteiger partial charge in [-0.25, -0.2) is 9.59 Å². The molecule has 4 bridgehead atoms. The van der Waals surface area contributed by atoms with Gasteiger partial charge < -0.3 is 14.9 Å². The zero-order valence-electron chi connectivity index (χ0n) is 15.7. The van der Waals surface area contributed by atoms with Gasteiger partial charge in [0.1, 0.15) is 5.60 Å². The molecule has 26 heavy (non-hydrogen) atoms. The fourth-order valence-electron chi connectivity index (χ4n) is 5.36. The van der Waals surface area contributed by atoms with E-state index in [-0.39, 0.29) is 22.6 Å². The van der Waals surface area contributed by atoms with Gasteiger partial charge in [-0.1, -0.05) is 12.7 Å².